The highest BCUT2D eigenvalue weighted by Crippen LogP contribution is 2.35. The Balaban J connectivity index is 4.33. The molecule has 0 radical (unpaired) electrons. The zero-order valence-electron chi connectivity index (χ0n) is 22.1. The first kappa shape index (κ1) is 34.9. The van der Waals surface area contributed by atoms with E-state index in [0.29, 0.717) is 6.42 Å². The van der Waals surface area contributed by atoms with E-state index < -0.39 is 39.1 Å². The molecule has 8 nitrogen and oxygen atoms in total. The van der Waals surface area contributed by atoms with Gasteiger partial charge in [-0.1, -0.05) is 77.6 Å². The number of carbonyl (C=O) groups is 2. The normalized spacial score (nSPS) is 10.5. The SMILES string of the molecule is C#CC#CC#CC#CC#CC(=O)OC[C@H](COP(=O)(O)O)OC(=O)CCCCCCCCCCCCCC. The van der Waals surface area contributed by atoms with Crippen LogP contribution in [0, 0.1) is 59.7 Å². The number of phosphoric acid groups is 1. The van der Waals surface area contributed by atoms with Crippen molar-refractivity contribution in [3.8, 4) is 59.7 Å². The fourth-order valence-electron chi connectivity index (χ4n) is 3.13. The van der Waals surface area contributed by atoms with Crippen molar-refractivity contribution in [2.45, 2.75) is 96.5 Å². The van der Waals surface area contributed by atoms with E-state index in [4.69, 9.17) is 25.7 Å². The highest BCUT2D eigenvalue weighted by atomic mass is 31.2. The first-order valence-corrected chi connectivity index (χ1v) is 14.3. The van der Waals surface area contributed by atoms with Crippen LogP contribution in [0.1, 0.15) is 90.4 Å². The number of hydrogen-bond donors (Lipinski definition) is 2. The maximum absolute atomic E-state index is 12.2. The van der Waals surface area contributed by atoms with Crippen LogP contribution >= 0.6 is 7.82 Å². The summed E-state index contributed by atoms with van der Waals surface area (Å²) >= 11 is 0. The average Bonchev–Trinajstić information content (AvgIpc) is 2.87. The number of ether oxygens (including phenoxy) is 2. The van der Waals surface area contributed by atoms with Crippen molar-refractivity contribution in [2.24, 2.45) is 0 Å². The first-order valence-electron chi connectivity index (χ1n) is 12.8. The summed E-state index contributed by atoms with van der Waals surface area (Å²) in [6, 6.07) is 0. The van der Waals surface area contributed by atoms with Crippen molar-refractivity contribution >= 4 is 19.8 Å². The van der Waals surface area contributed by atoms with Gasteiger partial charge in [-0.2, -0.15) is 0 Å². The Morgan fingerprint density at radius 2 is 1.26 bits per heavy atom. The van der Waals surface area contributed by atoms with Crippen LogP contribution in [-0.2, 0) is 28.2 Å². The summed E-state index contributed by atoms with van der Waals surface area (Å²) in [7, 11) is -4.81. The molecule has 0 bridgehead atoms. The third-order valence-corrected chi connectivity index (χ3v) is 5.46. The molecule has 0 unspecified atom stereocenters. The van der Waals surface area contributed by atoms with Gasteiger partial charge in [0.1, 0.15) is 6.61 Å². The highest BCUT2D eigenvalue weighted by molar-refractivity contribution is 7.46. The monoisotopic (exact) mass is 544 g/mol. The van der Waals surface area contributed by atoms with Gasteiger partial charge < -0.3 is 19.3 Å². The average molecular weight is 545 g/mol. The predicted molar refractivity (Wildman–Crippen MR) is 144 cm³/mol. The Bertz CT molecular complexity index is 1040. The molecule has 38 heavy (non-hydrogen) atoms. The topological polar surface area (TPSA) is 119 Å². The van der Waals surface area contributed by atoms with Gasteiger partial charge in [-0.05, 0) is 53.8 Å². The molecule has 2 N–H and O–H groups in total. The van der Waals surface area contributed by atoms with Crippen LogP contribution in [0.15, 0.2) is 0 Å². The zero-order chi connectivity index (χ0) is 28.3. The van der Waals surface area contributed by atoms with Gasteiger partial charge in [0.2, 0.25) is 0 Å². The maximum Gasteiger partial charge on any atom is 0.469 e. The second-order valence-corrected chi connectivity index (χ2v) is 9.52. The molecule has 0 aromatic heterocycles. The third kappa shape index (κ3) is 25.9. The fourth-order valence-corrected chi connectivity index (χ4v) is 3.49. The zero-order valence-corrected chi connectivity index (χ0v) is 22.9. The van der Waals surface area contributed by atoms with Gasteiger partial charge in [0.05, 0.1) is 6.61 Å². The van der Waals surface area contributed by atoms with Crippen molar-refractivity contribution < 1.29 is 37.9 Å². The Kier molecular flexibility index (Phi) is 22.2. The molecule has 0 rings (SSSR count). The minimum atomic E-state index is -4.81. The van der Waals surface area contributed by atoms with Crippen LogP contribution in [-0.4, -0.2) is 41.0 Å². The second kappa shape index (κ2) is 24.2. The van der Waals surface area contributed by atoms with Crippen LogP contribution in [0.2, 0.25) is 0 Å². The maximum atomic E-state index is 12.2. The fraction of sp³-hybridized carbons (Fsp3) is 0.586. The van der Waals surface area contributed by atoms with Crippen LogP contribution in [0.25, 0.3) is 0 Å². The minimum absolute atomic E-state index is 0.139. The Labute approximate surface area is 227 Å². The number of esters is 2. The molecule has 9 heteroatoms. The Hall–Kier alpha value is -3.15. The van der Waals surface area contributed by atoms with Gasteiger partial charge in [-0.25, -0.2) is 9.36 Å². The van der Waals surface area contributed by atoms with Crippen LogP contribution in [0.4, 0.5) is 0 Å². The molecular weight excluding hydrogens is 507 g/mol. The second-order valence-electron chi connectivity index (χ2n) is 8.28. The van der Waals surface area contributed by atoms with Gasteiger partial charge in [0.25, 0.3) is 0 Å². The van der Waals surface area contributed by atoms with Crippen molar-refractivity contribution in [1.82, 2.24) is 0 Å². The smallest absolute Gasteiger partial charge is 0.456 e. The van der Waals surface area contributed by atoms with E-state index in [9.17, 15) is 14.2 Å². The lowest BCUT2D eigenvalue weighted by atomic mass is 10.0. The quantitative estimate of drug-likeness (QED) is 0.0813. The summed E-state index contributed by atoms with van der Waals surface area (Å²) in [6.45, 7) is 1.07. The molecule has 0 saturated carbocycles. The van der Waals surface area contributed by atoms with Crippen LogP contribution in [0.3, 0.4) is 0 Å². The van der Waals surface area contributed by atoms with Crippen molar-refractivity contribution in [3.63, 3.8) is 0 Å². The van der Waals surface area contributed by atoms with Crippen molar-refractivity contribution in [3.05, 3.63) is 0 Å². The summed E-state index contributed by atoms with van der Waals surface area (Å²) < 4.78 is 25.5. The number of rotatable bonds is 19. The summed E-state index contributed by atoms with van der Waals surface area (Å²) in [5.41, 5.74) is 0. The van der Waals surface area contributed by atoms with Gasteiger partial charge >= 0.3 is 19.8 Å². The molecule has 0 spiro atoms. The van der Waals surface area contributed by atoms with E-state index in [0.717, 1.165) is 19.3 Å². The lowest BCUT2D eigenvalue weighted by molar-refractivity contribution is -0.158. The van der Waals surface area contributed by atoms with E-state index in [2.05, 4.69) is 64.7 Å². The highest BCUT2D eigenvalue weighted by Gasteiger charge is 2.22. The van der Waals surface area contributed by atoms with E-state index in [1.165, 1.54) is 51.4 Å². The van der Waals surface area contributed by atoms with Crippen LogP contribution in [0.5, 0.6) is 0 Å². The van der Waals surface area contributed by atoms with Gasteiger partial charge in [-0.15, -0.1) is 6.42 Å². The summed E-state index contributed by atoms with van der Waals surface area (Å²) in [5, 5.41) is 0. The minimum Gasteiger partial charge on any atom is -0.456 e. The van der Waals surface area contributed by atoms with E-state index in [1.807, 2.05) is 0 Å². The number of phosphoric ester groups is 1. The van der Waals surface area contributed by atoms with Gasteiger partial charge in [0, 0.05) is 12.3 Å². The van der Waals surface area contributed by atoms with E-state index >= 15 is 0 Å². The standard InChI is InChI=1S/C29H37O8P/c1-3-5-7-9-11-13-14-15-16-18-20-22-24-29(31)37-27(26-36-38(32,33)34)25-35-28(30)23-21-19-17-12-10-8-6-4-2/h2,27H,3,5,7,9,11,13-16,18,20,22,24-26H2,1H3,(H2,32,33,34)/t27-/m1/s1. The molecule has 0 aliphatic rings. The largest absolute Gasteiger partial charge is 0.469 e. The Morgan fingerprint density at radius 1 is 0.763 bits per heavy atom. The van der Waals surface area contributed by atoms with Crippen LogP contribution < -0.4 is 0 Å². The first-order chi connectivity index (χ1) is 18.3. The molecule has 0 aromatic carbocycles. The molecule has 206 valence electrons. The molecule has 0 fully saturated rings. The molecule has 0 heterocycles. The predicted octanol–water partition coefficient (Wildman–Crippen LogP) is 4.29. The summed E-state index contributed by atoms with van der Waals surface area (Å²) in [6.07, 6.45) is 17.7. The van der Waals surface area contributed by atoms with Gasteiger partial charge in [-0.3, -0.25) is 9.32 Å². The van der Waals surface area contributed by atoms with Gasteiger partial charge in [0.15, 0.2) is 6.10 Å². The summed E-state index contributed by atoms with van der Waals surface area (Å²) in [4.78, 5) is 41.7. The third-order valence-electron chi connectivity index (χ3n) is 4.97. The lowest BCUT2D eigenvalue weighted by Crippen LogP contribution is -2.29. The molecule has 0 aliphatic heterocycles. The van der Waals surface area contributed by atoms with Crippen molar-refractivity contribution in [1.29, 1.82) is 0 Å². The lowest BCUT2D eigenvalue weighted by Gasteiger charge is -2.17. The molecular formula is C29H37O8P. The molecule has 0 aromatic rings. The number of terminal acetylenes is 1. The Morgan fingerprint density at radius 3 is 1.79 bits per heavy atom. The number of unbranched alkanes of at least 4 members (excludes halogenated alkanes) is 11. The van der Waals surface area contributed by atoms with Crippen molar-refractivity contribution in [2.75, 3.05) is 13.2 Å². The number of hydrogen-bond acceptors (Lipinski definition) is 6. The molecule has 0 aliphatic carbocycles. The molecule has 1 atom stereocenters. The molecule has 0 amide bonds. The summed E-state index contributed by atoms with van der Waals surface area (Å²) in [5.74, 6) is 18.8. The van der Waals surface area contributed by atoms with E-state index in [-0.39, 0.29) is 6.42 Å². The van der Waals surface area contributed by atoms with E-state index in [1.54, 1.807) is 0 Å². The number of carbonyl (C=O) groups excluding carboxylic acids is 2. The molecule has 0 saturated heterocycles.